The van der Waals surface area contributed by atoms with Gasteiger partial charge in [0.25, 0.3) is 0 Å². The normalized spacial score (nSPS) is 11.3. The molecule has 0 unspecified atom stereocenters. The molecule has 0 bridgehead atoms. The van der Waals surface area contributed by atoms with Crippen molar-refractivity contribution in [2.45, 2.75) is 11.8 Å². The maximum atomic E-state index is 12.3. The predicted molar refractivity (Wildman–Crippen MR) is 87.8 cm³/mol. The molecule has 0 aromatic heterocycles. The van der Waals surface area contributed by atoms with Crippen LogP contribution in [0.25, 0.3) is 0 Å². The van der Waals surface area contributed by atoms with Crippen LogP contribution < -0.4 is 4.90 Å². The van der Waals surface area contributed by atoms with Crippen molar-refractivity contribution in [3.05, 3.63) is 59.6 Å². The number of para-hydroxylation sites is 1. The maximum absolute atomic E-state index is 12.3. The van der Waals surface area contributed by atoms with E-state index in [1.54, 1.807) is 24.3 Å². The molecule has 0 fully saturated rings. The summed E-state index contributed by atoms with van der Waals surface area (Å²) >= 11 is 5.79. The molecular formula is C16H18ClNO2S. The van der Waals surface area contributed by atoms with Gasteiger partial charge in [-0.15, -0.1) is 0 Å². The smallest absolute Gasteiger partial charge is 0.180 e. The van der Waals surface area contributed by atoms with Gasteiger partial charge in [0.1, 0.15) is 0 Å². The summed E-state index contributed by atoms with van der Waals surface area (Å²) in [6.45, 7) is 3.24. The number of hydrogen-bond donors (Lipinski definition) is 0. The van der Waals surface area contributed by atoms with Crippen molar-refractivity contribution in [2.75, 3.05) is 23.7 Å². The molecule has 0 aliphatic heterocycles. The first kappa shape index (κ1) is 15.9. The monoisotopic (exact) mass is 323 g/mol. The van der Waals surface area contributed by atoms with Crippen LogP contribution in [0.1, 0.15) is 6.92 Å². The zero-order valence-electron chi connectivity index (χ0n) is 11.9. The summed E-state index contributed by atoms with van der Waals surface area (Å²) in [6, 6.07) is 16.1. The number of halogens is 1. The third kappa shape index (κ3) is 4.22. The molecule has 0 heterocycles. The van der Waals surface area contributed by atoms with Crippen LogP contribution in [0.5, 0.6) is 0 Å². The molecule has 0 aliphatic rings. The highest BCUT2D eigenvalue weighted by atomic mass is 35.5. The van der Waals surface area contributed by atoms with Gasteiger partial charge in [0.05, 0.1) is 10.6 Å². The molecule has 0 aliphatic carbocycles. The Labute approximate surface area is 131 Å². The summed E-state index contributed by atoms with van der Waals surface area (Å²) in [5.41, 5.74) is 1.03. The molecule has 0 saturated carbocycles. The van der Waals surface area contributed by atoms with E-state index in [1.807, 2.05) is 42.2 Å². The van der Waals surface area contributed by atoms with Crippen molar-refractivity contribution in [3.8, 4) is 0 Å². The number of benzene rings is 2. The van der Waals surface area contributed by atoms with E-state index in [2.05, 4.69) is 0 Å². The first-order valence-corrected chi connectivity index (χ1v) is 8.84. The summed E-state index contributed by atoms with van der Waals surface area (Å²) < 4.78 is 24.7. The minimum absolute atomic E-state index is 0.0807. The number of nitrogens with zero attached hydrogens (tertiary/aromatic N) is 1. The van der Waals surface area contributed by atoms with E-state index in [4.69, 9.17) is 11.6 Å². The molecule has 3 nitrogen and oxygen atoms in total. The zero-order chi connectivity index (χ0) is 15.3. The van der Waals surface area contributed by atoms with Crippen LogP contribution in [0.2, 0.25) is 5.02 Å². The van der Waals surface area contributed by atoms with E-state index in [-0.39, 0.29) is 5.75 Å². The van der Waals surface area contributed by atoms with E-state index in [0.29, 0.717) is 16.5 Å². The topological polar surface area (TPSA) is 37.4 Å². The molecule has 0 amide bonds. The molecule has 0 radical (unpaired) electrons. The van der Waals surface area contributed by atoms with Crippen LogP contribution in [-0.4, -0.2) is 27.3 Å². The van der Waals surface area contributed by atoms with Gasteiger partial charge < -0.3 is 4.90 Å². The number of rotatable bonds is 6. The molecule has 0 atom stereocenters. The van der Waals surface area contributed by atoms with Crippen molar-refractivity contribution in [2.24, 2.45) is 0 Å². The fraction of sp³-hybridized carbons (Fsp3) is 0.250. The van der Waals surface area contributed by atoms with Gasteiger partial charge in [-0.3, -0.25) is 0 Å². The number of anilines is 1. The Kier molecular flexibility index (Phi) is 5.26. The molecule has 2 aromatic rings. The lowest BCUT2D eigenvalue weighted by molar-refractivity contribution is 0.594. The minimum Gasteiger partial charge on any atom is -0.371 e. The molecule has 2 aromatic carbocycles. The lowest BCUT2D eigenvalue weighted by Gasteiger charge is -2.22. The van der Waals surface area contributed by atoms with Crippen molar-refractivity contribution in [1.29, 1.82) is 0 Å². The highest BCUT2D eigenvalue weighted by molar-refractivity contribution is 7.91. The number of hydrogen-bond acceptors (Lipinski definition) is 3. The first-order valence-electron chi connectivity index (χ1n) is 6.81. The molecule has 112 valence electrons. The van der Waals surface area contributed by atoms with Gasteiger partial charge in [-0.05, 0) is 43.3 Å². The number of sulfone groups is 1. The van der Waals surface area contributed by atoms with E-state index in [9.17, 15) is 8.42 Å². The van der Waals surface area contributed by atoms with Crippen LogP contribution in [-0.2, 0) is 9.84 Å². The lowest BCUT2D eigenvalue weighted by atomic mass is 10.3. The van der Waals surface area contributed by atoms with Gasteiger partial charge in [-0.1, -0.05) is 29.8 Å². The SMILES string of the molecule is CCN(CCS(=O)(=O)c1ccc(Cl)cc1)c1ccccc1. The van der Waals surface area contributed by atoms with Gasteiger partial charge in [-0.2, -0.15) is 0 Å². The first-order chi connectivity index (χ1) is 10.0. The van der Waals surface area contributed by atoms with Crippen LogP contribution in [0.4, 0.5) is 5.69 Å². The minimum atomic E-state index is -3.29. The third-order valence-electron chi connectivity index (χ3n) is 3.31. The third-order valence-corrected chi connectivity index (χ3v) is 5.27. The summed E-state index contributed by atoms with van der Waals surface area (Å²) in [5, 5.41) is 0.536. The Bertz CT molecular complexity index is 669. The molecule has 2 rings (SSSR count). The van der Waals surface area contributed by atoms with Gasteiger partial charge in [0.2, 0.25) is 0 Å². The van der Waals surface area contributed by atoms with Crippen molar-refractivity contribution in [3.63, 3.8) is 0 Å². The summed E-state index contributed by atoms with van der Waals surface area (Å²) in [5.74, 6) is 0.0807. The molecule has 5 heteroatoms. The summed E-state index contributed by atoms with van der Waals surface area (Å²) in [6.07, 6.45) is 0. The quantitative estimate of drug-likeness (QED) is 0.814. The van der Waals surface area contributed by atoms with E-state index in [1.165, 1.54) is 0 Å². The van der Waals surface area contributed by atoms with Gasteiger partial charge in [0.15, 0.2) is 9.84 Å². The van der Waals surface area contributed by atoms with Crippen LogP contribution in [0.15, 0.2) is 59.5 Å². The highest BCUT2D eigenvalue weighted by Crippen LogP contribution is 2.17. The fourth-order valence-corrected chi connectivity index (χ4v) is 3.47. The van der Waals surface area contributed by atoms with E-state index < -0.39 is 9.84 Å². The summed E-state index contributed by atoms with van der Waals surface area (Å²) in [4.78, 5) is 2.36. The molecule has 0 N–H and O–H groups in total. The van der Waals surface area contributed by atoms with E-state index >= 15 is 0 Å². The zero-order valence-corrected chi connectivity index (χ0v) is 13.4. The van der Waals surface area contributed by atoms with Gasteiger partial charge in [0, 0.05) is 23.8 Å². The van der Waals surface area contributed by atoms with Crippen LogP contribution in [0.3, 0.4) is 0 Å². The van der Waals surface area contributed by atoms with Crippen LogP contribution in [0, 0.1) is 0 Å². The molecule has 21 heavy (non-hydrogen) atoms. The van der Waals surface area contributed by atoms with Crippen molar-refractivity contribution in [1.82, 2.24) is 0 Å². The second-order valence-corrected chi connectivity index (χ2v) is 7.23. The molecular weight excluding hydrogens is 306 g/mol. The van der Waals surface area contributed by atoms with Crippen molar-refractivity contribution >= 4 is 27.1 Å². The lowest BCUT2D eigenvalue weighted by Crippen LogP contribution is -2.29. The largest absolute Gasteiger partial charge is 0.371 e. The Morgan fingerprint density at radius 3 is 2.19 bits per heavy atom. The average Bonchev–Trinajstić information content (AvgIpc) is 2.49. The van der Waals surface area contributed by atoms with Crippen LogP contribution >= 0.6 is 11.6 Å². The average molecular weight is 324 g/mol. The maximum Gasteiger partial charge on any atom is 0.180 e. The second-order valence-electron chi connectivity index (χ2n) is 4.69. The molecule has 0 spiro atoms. The Morgan fingerprint density at radius 2 is 1.62 bits per heavy atom. The fourth-order valence-electron chi connectivity index (χ4n) is 2.10. The summed E-state index contributed by atoms with van der Waals surface area (Å²) in [7, 11) is -3.29. The second kappa shape index (κ2) is 6.96. The Morgan fingerprint density at radius 1 is 1.00 bits per heavy atom. The van der Waals surface area contributed by atoms with Gasteiger partial charge in [-0.25, -0.2) is 8.42 Å². The van der Waals surface area contributed by atoms with Crippen molar-refractivity contribution < 1.29 is 8.42 Å². The highest BCUT2D eigenvalue weighted by Gasteiger charge is 2.16. The molecule has 0 saturated heterocycles. The van der Waals surface area contributed by atoms with E-state index in [0.717, 1.165) is 12.2 Å². The van der Waals surface area contributed by atoms with Gasteiger partial charge >= 0.3 is 0 Å². The predicted octanol–water partition coefficient (Wildman–Crippen LogP) is 3.64. The Hall–Kier alpha value is -1.52. The Balaban J connectivity index is 2.08. The standard InChI is InChI=1S/C16H18ClNO2S/c1-2-18(15-6-4-3-5-7-15)12-13-21(19,20)16-10-8-14(17)9-11-16/h3-11H,2,12-13H2,1H3.